The molecule has 1 aliphatic rings. The molecule has 5 rings (SSSR count). The Morgan fingerprint density at radius 2 is 1.53 bits per heavy atom. The molecule has 38 heavy (non-hydrogen) atoms. The van der Waals surface area contributed by atoms with Crippen LogP contribution in [0.25, 0.3) is 0 Å². The van der Waals surface area contributed by atoms with E-state index in [0.717, 1.165) is 11.1 Å². The Labute approximate surface area is 229 Å². The van der Waals surface area contributed by atoms with Crippen molar-refractivity contribution in [3.8, 4) is 11.5 Å². The number of benzene rings is 4. The number of esters is 1. The van der Waals surface area contributed by atoms with Crippen molar-refractivity contribution in [2.24, 2.45) is 11.0 Å². The molecule has 7 heteroatoms. The number of hydrogen-bond acceptors (Lipinski definition) is 5. The van der Waals surface area contributed by atoms with Gasteiger partial charge in [-0.05, 0) is 69.4 Å². The molecular weight excluding hydrogens is 544 g/mol. The van der Waals surface area contributed by atoms with Gasteiger partial charge in [0.25, 0.3) is 0 Å². The zero-order valence-corrected chi connectivity index (χ0v) is 22.2. The number of methoxy groups -OCH3 is 1. The molecular formula is C31H25BrN2O4. The lowest BCUT2D eigenvalue weighted by Gasteiger charge is -2.18. The summed E-state index contributed by atoms with van der Waals surface area (Å²) in [6.07, 6.45) is 2.25. The summed E-state index contributed by atoms with van der Waals surface area (Å²) in [4.78, 5) is 25.7. The quantitative estimate of drug-likeness (QED) is 0.120. The minimum Gasteiger partial charge on any atom is -0.493 e. The van der Waals surface area contributed by atoms with E-state index in [1.54, 1.807) is 36.4 Å². The van der Waals surface area contributed by atoms with Crippen LogP contribution in [0.1, 0.15) is 33.5 Å². The first-order valence-electron chi connectivity index (χ1n) is 12.1. The predicted octanol–water partition coefficient (Wildman–Crippen LogP) is 6.13. The van der Waals surface area contributed by atoms with Crippen LogP contribution in [0, 0.1) is 5.92 Å². The number of nitrogens with zero attached hydrogens (tertiary/aromatic N) is 1. The molecule has 1 amide bonds. The van der Waals surface area contributed by atoms with E-state index >= 15 is 0 Å². The van der Waals surface area contributed by atoms with E-state index in [2.05, 4.69) is 50.7 Å². The van der Waals surface area contributed by atoms with Crippen molar-refractivity contribution in [3.05, 3.63) is 130 Å². The van der Waals surface area contributed by atoms with E-state index in [4.69, 9.17) is 9.47 Å². The van der Waals surface area contributed by atoms with Gasteiger partial charge in [-0.15, -0.1) is 0 Å². The summed E-state index contributed by atoms with van der Waals surface area (Å²) >= 11 is 3.36. The maximum absolute atomic E-state index is 13.1. The van der Waals surface area contributed by atoms with E-state index in [1.807, 2.05) is 42.5 Å². The number of halogens is 1. The summed E-state index contributed by atoms with van der Waals surface area (Å²) in [5.74, 6) is -0.217. The molecule has 1 aliphatic carbocycles. The summed E-state index contributed by atoms with van der Waals surface area (Å²) < 4.78 is 11.6. The zero-order valence-electron chi connectivity index (χ0n) is 20.6. The molecule has 0 aromatic heterocycles. The van der Waals surface area contributed by atoms with Crippen molar-refractivity contribution >= 4 is 34.0 Å². The molecule has 6 nitrogen and oxygen atoms in total. The van der Waals surface area contributed by atoms with Crippen molar-refractivity contribution in [1.29, 1.82) is 0 Å². The predicted molar refractivity (Wildman–Crippen MR) is 150 cm³/mol. The molecule has 1 saturated carbocycles. The zero-order chi connectivity index (χ0) is 26.5. The first-order valence-corrected chi connectivity index (χ1v) is 12.9. The Hall–Kier alpha value is -4.23. The van der Waals surface area contributed by atoms with E-state index in [1.165, 1.54) is 13.3 Å². The average molecular weight is 569 g/mol. The number of rotatable bonds is 8. The first-order chi connectivity index (χ1) is 18.5. The number of carbonyl (C=O) groups excluding carboxylic acids is 2. The van der Waals surface area contributed by atoms with Gasteiger partial charge in [0.1, 0.15) is 0 Å². The molecule has 190 valence electrons. The van der Waals surface area contributed by atoms with Crippen molar-refractivity contribution in [2.75, 3.05) is 7.11 Å². The minimum absolute atomic E-state index is 0.139. The third-order valence-electron chi connectivity index (χ3n) is 6.73. The van der Waals surface area contributed by atoms with Gasteiger partial charge >= 0.3 is 5.97 Å². The second kappa shape index (κ2) is 11.0. The third kappa shape index (κ3) is 5.10. The maximum Gasteiger partial charge on any atom is 0.344 e. The van der Waals surface area contributed by atoms with Gasteiger partial charge in [0.05, 0.1) is 24.8 Å². The van der Waals surface area contributed by atoms with Crippen LogP contribution in [-0.4, -0.2) is 25.2 Å². The number of hydrazone groups is 1. The second-order valence-corrected chi connectivity index (χ2v) is 9.83. The molecule has 0 bridgehead atoms. The van der Waals surface area contributed by atoms with E-state index < -0.39 is 5.97 Å². The van der Waals surface area contributed by atoms with Gasteiger partial charge in [-0.3, -0.25) is 4.79 Å². The Balaban J connectivity index is 1.27. The number of nitrogens with one attached hydrogen (secondary N) is 1. The average Bonchev–Trinajstić information content (AvgIpc) is 3.72. The van der Waals surface area contributed by atoms with Crippen LogP contribution in [0.4, 0.5) is 0 Å². The fourth-order valence-corrected chi connectivity index (χ4v) is 5.18. The summed E-state index contributed by atoms with van der Waals surface area (Å²) in [5, 5.41) is 4.19. The molecule has 1 N–H and O–H groups in total. The molecule has 1 unspecified atom stereocenters. The van der Waals surface area contributed by atoms with E-state index in [-0.39, 0.29) is 23.0 Å². The van der Waals surface area contributed by atoms with Gasteiger partial charge in [-0.2, -0.15) is 5.10 Å². The number of carbonyl (C=O) groups is 2. The van der Waals surface area contributed by atoms with Crippen molar-refractivity contribution in [3.63, 3.8) is 0 Å². The van der Waals surface area contributed by atoms with Gasteiger partial charge in [0.15, 0.2) is 11.5 Å². The lowest BCUT2D eigenvalue weighted by molar-refractivity contribution is -0.122. The molecule has 0 aliphatic heterocycles. The molecule has 4 aromatic rings. The van der Waals surface area contributed by atoms with Crippen molar-refractivity contribution in [1.82, 2.24) is 5.43 Å². The number of ether oxygens (including phenoxy) is 2. The highest BCUT2D eigenvalue weighted by Gasteiger charge is 2.60. The summed E-state index contributed by atoms with van der Waals surface area (Å²) in [6, 6.07) is 32.3. The van der Waals surface area contributed by atoms with Crippen LogP contribution in [0.5, 0.6) is 11.5 Å². The lowest BCUT2D eigenvalue weighted by Crippen LogP contribution is -2.25. The van der Waals surface area contributed by atoms with Crippen LogP contribution < -0.4 is 14.9 Å². The highest BCUT2D eigenvalue weighted by molar-refractivity contribution is 9.10. The second-order valence-electron chi connectivity index (χ2n) is 8.97. The van der Waals surface area contributed by atoms with Crippen LogP contribution >= 0.6 is 15.9 Å². The maximum atomic E-state index is 13.1. The van der Waals surface area contributed by atoms with Gasteiger partial charge < -0.3 is 9.47 Å². The fraction of sp³-hybridized carbons (Fsp3) is 0.129. The molecule has 0 heterocycles. The highest BCUT2D eigenvalue weighted by atomic mass is 79.9. The van der Waals surface area contributed by atoms with Crippen LogP contribution in [0.3, 0.4) is 0 Å². The number of amides is 1. The molecule has 1 atom stereocenters. The van der Waals surface area contributed by atoms with Gasteiger partial charge in [0, 0.05) is 9.89 Å². The lowest BCUT2D eigenvalue weighted by atomic mass is 9.85. The van der Waals surface area contributed by atoms with Crippen LogP contribution in [0.2, 0.25) is 0 Å². The Morgan fingerprint density at radius 1 is 0.895 bits per heavy atom. The summed E-state index contributed by atoms with van der Waals surface area (Å²) in [7, 11) is 1.49. The third-order valence-corrected chi connectivity index (χ3v) is 7.42. The highest BCUT2D eigenvalue weighted by Crippen LogP contribution is 2.58. The van der Waals surface area contributed by atoms with E-state index in [9.17, 15) is 9.59 Å². The normalized spacial score (nSPS) is 15.6. The van der Waals surface area contributed by atoms with Crippen molar-refractivity contribution < 1.29 is 19.1 Å². The van der Waals surface area contributed by atoms with Crippen molar-refractivity contribution in [2.45, 2.75) is 11.8 Å². The topological polar surface area (TPSA) is 77.0 Å². The van der Waals surface area contributed by atoms with E-state index in [0.29, 0.717) is 27.8 Å². The minimum atomic E-state index is -0.505. The van der Waals surface area contributed by atoms with Gasteiger partial charge in [0.2, 0.25) is 5.91 Å². The molecule has 1 fully saturated rings. The largest absolute Gasteiger partial charge is 0.493 e. The first kappa shape index (κ1) is 25.4. The smallest absolute Gasteiger partial charge is 0.344 e. The summed E-state index contributed by atoms with van der Waals surface area (Å²) in [5.41, 5.74) is 5.66. The SMILES string of the molecule is COc1cc(C=NNC(=O)C2CC2(c2ccccc2)c2ccccc2)ccc1OC(=O)c1ccccc1Br. The molecule has 4 aromatic carbocycles. The standard InChI is InChI=1S/C31H25BrN2O4/c1-37-28-18-21(16-17-27(28)38-30(36)24-14-8-9-15-26(24)32)20-33-34-29(35)25-19-31(25,22-10-4-2-5-11-22)23-12-6-3-7-13-23/h2-18,20,25H,19H2,1H3,(H,34,35). The molecule has 0 radical (unpaired) electrons. The molecule has 0 saturated heterocycles. The van der Waals surface area contributed by atoms with Gasteiger partial charge in [-0.25, -0.2) is 10.2 Å². The van der Waals surface area contributed by atoms with Crippen LogP contribution in [0.15, 0.2) is 113 Å². The summed E-state index contributed by atoms with van der Waals surface area (Å²) in [6.45, 7) is 0. The van der Waals surface area contributed by atoms with Gasteiger partial charge in [-0.1, -0.05) is 72.8 Å². The monoisotopic (exact) mass is 568 g/mol. The number of hydrogen-bond donors (Lipinski definition) is 1. The molecule has 0 spiro atoms. The Bertz CT molecular complexity index is 1450. The van der Waals surface area contributed by atoms with Crippen LogP contribution in [-0.2, 0) is 10.2 Å². The Morgan fingerprint density at radius 3 is 2.16 bits per heavy atom. The fourth-order valence-electron chi connectivity index (χ4n) is 4.73. The Kier molecular flexibility index (Phi) is 7.38.